The molecular weight excluding hydrogens is 366 g/mol. The molecule has 3 rings (SSSR count). The van der Waals surface area contributed by atoms with Gasteiger partial charge in [0.15, 0.2) is 11.2 Å². The molecule has 28 heavy (non-hydrogen) atoms. The van der Waals surface area contributed by atoms with E-state index in [4.69, 9.17) is 9.84 Å². The van der Waals surface area contributed by atoms with Gasteiger partial charge in [-0.3, -0.25) is 14.3 Å². The molecule has 2 heterocycles. The van der Waals surface area contributed by atoms with Crippen molar-refractivity contribution in [2.75, 3.05) is 25.1 Å². The van der Waals surface area contributed by atoms with E-state index in [9.17, 15) is 14.7 Å². The molecule has 0 fully saturated rings. The first-order valence-electron chi connectivity index (χ1n) is 8.82. The highest BCUT2D eigenvalue weighted by molar-refractivity contribution is 5.74. The molecule has 0 aliphatic heterocycles. The van der Waals surface area contributed by atoms with Crippen LogP contribution in [0.2, 0.25) is 0 Å². The maximum absolute atomic E-state index is 12.3. The lowest BCUT2D eigenvalue weighted by Crippen LogP contribution is -2.31. The summed E-state index contributed by atoms with van der Waals surface area (Å²) in [6.07, 6.45) is -0.941. The van der Waals surface area contributed by atoms with Gasteiger partial charge in [0.25, 0.3) is 5.56 Å². The summed E-state index contributed by atoms with van der Waals surface area (Å²) in [6, 6.07) is 7.45. The SMILES string of the molecule is Cc1cccc(OCC(O)Cn2c(NCCO)nc3c2c(=O)[nH]c(=O)n3C)c1. The van der Waals surface area contributed by atoms with Gasteiger partial charge < -0.3 is 24.8 Å². The summed E-state index contributed by atoms with van der Waals surface area (Å²) >= 11 is 0. The minimum Gasteiger partial charge on any atom is -0.491 e. The van der Waals surface area contributed by atoms with E-state index in [0.29, 0.717) is 5.75 Å². The van der Waals surface area contributed by atoms with Crippen LogP contribution in [0.4, 0.5) is 5.95 Å². The molecule has 0 spiro atoms. The first kappa shape index (κ1) is 19.6. The molecule has 1 aromatic carbocycles. The van der Waals surface area contributed by atoms with Gasteiger partial charge in [-0.1, -0.05) is 12.1 Å². The molecule has 0 amide bonds. The third-order valence-corrected chi connectivity index (χ3v) is 4.23. The summed E-state index contributed by atoms with van der Waals surface area (Å²) in [4.78, 5) is 30.7. The lowest BCUT2D eigenvalue weighted by atomic mass is 10.2. The zero-order valence-corrected chi connectivity index (χ0v) is 15.7. The number of ether oxygens (including phenoxy) is 1. The van der Waals surface area contributed by atoms with Crippen LogP contribution in [-0.2, 0) is 13.6 Å². The molecule has 2 aromatic heterocycles. The molecule has 0 saturated carbocycles. The van der Waals surface area contributed by atoms with Crippen LogP contribution in [0.15, 0.2) is 33.9 Å². The number of aliphatic hydroxyl groups is 2. The molecule has 10 heteroatoms. The molecule has 0 aliphatic carbocycles. The zero-order valence-electron chi connectivity index (χ0n) is 15.7. The number of H-pyrrole nitrogens is 1. The molecule has 0 saturated heterocycles. The van der Waals surface area contributed by atoms with Gasteiger partial charge >= 0.3 is 5.69 Å². The number of aryl methyl sites for hydroxylation is 2. The highest BCUT2D eigenvalue weighted by atomic mass is 16.5. The Bertz CT molecular complexity index is 1080. The van der Waals surface area contributed by atoms with Crippen molar-refractivity contribution in [2.24, 2.45) is 7.05 Å². The highest BCUT2D eigenvalue weighted by Crippen LogP contribution is 2.17. The molecule has 150 valence electrons. The van der Waals surface area contributed by atoms with Crippen molar-refractivity contribution in [1.82, 2.24) is 19.1 Å². The Kier molecular flexibility index (Phi) is 5.81. The molecule has 0 radical (unpaired) electrons. The number of aliphatic hydroxyl groups excluding tert-OH is 2. The molecule has 4 N–H and O–H groups in total. The minimum absolute atomic E-state index is 0.00619. The van der Waals surface area contributed by atoms with Crippen molar-refractivity contribution in [2.45, 2.75) is 19.6 Å². The standard InChI is InChI=1S/C18H23N5O5/c1-11-4-3-5-13(8-11)28-10-12(25)9-23-14-15(20-17(23)19-6-7-24)22(2)18(27)21-16(14)26/h3-5,8,12,24-25H,6-7,9-10H2,1-2H3,(H,19,20)(H,21,26,27). The van der Waals surface area contributed by atoms with E-state index in [2.05, 4.69) is 15.3 Å². The van der Waals surface area contributed by atoms with Crippen LogP contribution in [0.5, 0.6) is 5.75 Å². The first-order chi connectivity index (χ1) is 13.4. The Labute approximate surface area is 160 Å². The normalized spacial score (nSPS) is 12.3. The number of nitrogens with zero attached hydrogens (tertiary/aromatic N) is 3. The fourth-order valence-electron chi connectivity index (χ4n) is 2.88. The molecule has 10 nitrogen and oxygen atoms in total. The predicted molar refractivity (Wildman–Crippen MR) is 104 cm³/mol. The average molecular weight is 389 g/mol. The van der Waals surface area contributed by atoms with Gasteiger partial charge in [-0.25, -0.2) is 4.79 Å². The second kappa shape index (κ2) is 8.28. The smallest absolute Gasteiger partial charge is 0.329 e. The Morgan fingerprint density at radius 3 is 2.86 bits per heavy atom. The van der Waals surface area contributed by atoms with E-state index in [1.54, 1.807) is 6.07 Å². The fourth-order valence-corrected chi connectivity index (χ4v) is 2.88. The largest absolute Gasteiger partial charge is 0.491 e. The molecule has 3 aromatic rings. The van der Waals surface area contributed by atoms with E-state index < -0.39 is 17.4 Å². The van der Waals surface area contributed by atoms with Gasteiger partial charge in [0.2, 0.25) is 5.95 Å². The van der Waals surface area contributed by atoms with Crippen molar-refractivity contribution < 1.29 is 14.9 Å². The van der Waals surface area contributed by atoms with E-state index in [-0.39, 0.29) is 43.4 Å². The zero-order chi connectivity index (χ0) is 20.3. The maximum Gasteiger partial charge on any atom is 0.329 e. The van der Waals surface area contributed by atoms with Crippen molar-refractivity contribution in [1.29, 1.82) is 0 Å². The number of aromatic amines is 1. The summed E-state index contributed by atoms with van der Waals surface area (Å²) in [5, 5.41) is 22.4. The number of anilines is 1. The molecule has 0 bridgehead atoms. The van der Waals surface area contributed by atoms with Gasteiger partial charge in [-0.2, -0.15) is 4.98 Å². The monoisotopic (exact) mass is 389 g/mol. The molecule has 0 aliphatic rings. The van der Waals surface area contributed by atoms with E-state index >= 15 is 0 Å². The number of hydrogen-bond donors (Lipinski definition) is 4. The van der Waals surface area contributed by atoms with E-state index in [0.717, 1.165) is 5.56 Å². The third kappa shape index (κ3) is 4.07. The highest BCUT2D eigenvalue weighted by Gasteiger charge is 2.19. The van der Waals surface area contributed by atoms with Crippen LogP contribution < -0.4 is 21.3 Å². The van der Waals surface area contributed by atoms with Crippen molar-refractivity contribution in [3.05, 3.63) is 50.7 Å². The number of aromatic nitrogens is 4. The van der Waals surface area contributed by atoms with Crippen LogP contribution in [0, 0.1) is 6.92 Å². The first-order valence-corrected chi connectivity index (χ1v) is 8.82. The molecule has 1 unspecified atom stereocenters. The van der Waals surface area contributed by atoms with Crippen molar-refractivity contribution in [3.8, 4) is 5.75 Å². The van der Waals surface area contributed by atoms with Gasteiger partial charge in [0.1, 0.15) is 18.5 Å². The Balaban J connectivity index is 1.88. The second-order valence-electron chi connectivity index (χ2n) is 6.47. The van der Waals surface area contributed by atoms with Crippen LogP contribution in [0.25, 0.3) is 11.2 Å². The summed E-state index contributed by atoms with van der Waals surface area (Å²) in [5.74, 6) is 0.902. The summed E-state index contributed by atoms with van der Waals surface area (Å²) in [7, 11) is 1.49. The van der Waals surface area contributed by atoms with Crippen molar-refractivity contribution >= 4 is 17.1 Å². The van der Waals surface area contributed by atoms with Gasteiger partial charge in [-0.05, 0) is 24.6 Å². The number of fused-ring (bicyclic) bond motifs is 1. The number of hydrogen-bond acceptors (Lipinski definition) is 7. The summed E-state index contributed by atoms with van der Waals surface area (Å²) < 4.78 is 8.31. The van der Waals surface area contributed by atoms with Gasteiger partial charge in [0.05, 0.1) is 13.2 Å². The number of rotatable bonds is 8. The fraction of sp³-hybridized carbons (Fsp3) is 0.389. The topological polar surface area (TPSA) is 134 Å². The Morgan fingerprint density at radius 2 is 2.14 bits per heavy atom. The predicted octanol–water partition coefficient (Wildman–Crippen LogP) is -0.424. The van der Waals surface area contributed by atoms with E-state index in [1.165, 1.54) is 16.2 Å². The van der Waals surface area contributed by atoms with Crippen LogP contribution in [0.3, 0.4) is 0 Å². The average Bonchev–Trinajstić information content (AvgIpc) is 3.02. The van der Waals surface area contributed by atoms with Gasteiger partial charge in [-0.15, -0.1) is 0 Å². The number of benzene rings is 1. The molecule has 1 atom stereocenters. The quantitative estimate of drug-likeness (QED) is 0.411. The Morgan fingerprint density at radius 1 is 1.36 bits per heavy atom. The van der Waals surface area contributed by atoms with Gasteiger partial charge in [0, 0.05) is 13.6 Å². The lowest BCUT2D eigenvalue weighted by Gasteiger charge is -2.16. The summed E-state index contributed by atoms with van der Waals surface area (Å²) in [5.41, 5.74) is 0.183. The Hall–Kier alpha value is -3.11. The van der Waals surface area contributed by atoms with Crippen LogP contribution in [-0.4, -0.2) is 55.2 Å². The third-order valence-electron chi connectivity index (χ3n) is 4.23. The summed E-state index contributed by atoms with van der Waals surface area (Å²) in [6.45, 7) is 2.02. The van der Waals surface area contributed by atoms with Crippen LogP contribution >= 0.6 is 0 Å². The minimum atomic E-state index is -0.941. The van der Waals surface area contributed by atoms with E-state index in [1.807, 2.05) is 25.1 Å². The maximum atomic E-state index is 12.3. The van der Waals surface area contributed by atoms with Crippen LogP contribution in [0.1, 0.15) is 5.56 Å². The molecular formula is C18H23N5O5. The number of nitrogens with one attached hydrogen (secondary N) is 2. The second-order valence-corrected chi connectivity index (χ2v) is 6.47. The lowest BCUT2D eigenvalue weighted by molar-refractivity contribution is 0.0938. The van der Waals surface area contributed by atoms with Crippen molar-refractivity contribution in [3.63, 3.8) is 0 Å². The number of imidazole rings is 1.